The first-order chi connectivity index (χ1) is 11.0. The third-order valence-electron chi connectivity index (χ3n) is 3.79. The van der Waals surface area contributed by atoms with Crippen LogP contribution in [0.5, 0.6) is 0 Å². The van der Waals surface area contributed by atoms with Crippen molar-refractivity contribution in [1.29, 1.82) is 0 Å². The molecule has 0 aromatic heterocycles. The Morgan fingerprint density at radius 1 is 1.00 bits per heavy atom. The molecule has 3 rings (SSSR count). The van der Waals surface area contributed by atoms with Gasteiger partial charge in [0.15, 0.2) is 0 Å². The second-order valence-electron chi connectivity index (χ2n) is 5.34. The molecule has 0 aliphatic carbocycles. The van der Waals surface area contributed by atoms with Crippen molar-refractivity contribution in [2.24, 2.45) is 5.73 Å². The summed E-state index contributed by atoms with van der Waals surface area (Å²) < 4.78 is 0. The van der Waals surface area contributed by atoms with Crippen molar-refractivity contribution < 1.29 is 14.4 Å². The zero-order valence-corrected chi connectivity index (χ0v) is 14.4. The number of hydroxylamine groups is 2. The number of imide groups is 1. The van der Waals surface area contributed by atoms with Crippen LogP contribution in [0.3, 0.4) is 0 Å². The van der Waals surface area contributed by atoms with Gasteiger partial charge >= 0.3 is 0 Å². The SMILES string of the molecule is C[C@H](ON1C(=O)c2ccccc2C1=O)[C@@H](N)c1ccc(Cl)cc1.Cl. The third kappa shape index (κ3) is 3.30. The summed E-state index contributed by atoms with van der Waals surface area (Å²) in [6.45, 7) is 1.71. The highest BCUT2D eigenvalue weighted by Gasteiger charge is 2.38. The molecule has 2 atom stereocenters. The first-order valence-electron chi connectivity index (χ1n) is 7.14. The lowest BCUT2D eigenvalue weighted by Gasteiger charge is -2.24. The van der Waals surface area contributed by atoms with E-state index >= 15 is 0 Å². The summed E-state index contributed by atoms with van der Waals surface area (Å²) in [5.74, 6) is -0.943. The van der Waals surface area contributed by atoms with Crippen molar-refractivity contribution in [2.75, 3.05) is 0 Å². The summed E-state index contributed by atoms with van der Waals surface area (Å²) in [6, 6.07) is 13.1. The Morgan fingerprint density at radius 2 is 1.50 bits per heavy atom. The maximum absolute atomic E-state index is 12.3. The van der Waals surface area contributed by atoms with Crippen LogP contribution < -0.4 is 5.73 Å². The van der Waals surface area contributed by atoms with Crippen molar-refractivity contribution in [2.45, 2.75) is 19.1 Å². The predicted molar refractivity (Wildman–Crippen MR) is 93.1 cm³/mol. The van der Waals surface area contributed by atoms with Gasteiger partial charge in [0.05, 0.1) is 17.2 Å². The Labute approximate surface area is 150 Å². The van der Waals surface area contributed by atoms with Crippen LogP contribution in [0.25, 0.3) is 0 Å². The summed E-state index contributed by atoms with van der Waals surface area (Å²) in [5.41, 5.74) is 7.62. The van der Waals surface area contributed by atoms with E-state index in [1.54, 1.807) is 55.5 Å². The number of rotatable bonds is 4. The van der Waals surface area contributed by atoms with Crippen molar-refractivity contribution >= 4 is 35.8 Å². The summed E-state index contributed by atoms with van der Waals surface area (Å²) in [5, 5.41) is 1.39. The fourth-order valence-corrected chi connectivity index (χ4v) is 2.58. The summed E-state index contributed by atoms with van der Waals surface area (Å²) in [7, 11) is 0. The molecule has 5 nitrogen and oxygen atoms in total. The highest BCUT2D eigenvalue weighted by atomic mass is 35.5. The summed E-state index contributed by atoms with van der Waals surface area (Å²) in [6.07, 6.45) is -0.571. The van der Waals surface area contributed by atoms with Gasteiger partial charge in [-0.2, -0.15) is 0 Å². The zero-order valence-electron chi connectivity index (χ0n) is 12.8. The first-order valence-corrected chi connectivity index (χ1v) is 7.52. The minimum Gasteiger partial charge on any atom is -0.322 e. The number of amides is 2. The second kappa shape index (κ2) is 7.32. The third-order valence-corrected chi connectivity index (χ3v) is 4.04. The molecule has 2 amide bonds. The fourth-order valence-electron chi connectivity index (χ4n) is 2.45. The molecule has 2 N–H and O–H groups in total. The quantitative estimate of drug-likeness (QED) is 0.841. The monoisotopic (exact) mass is 366 g/mol. The molecule has 0 bridgehead atoms. The van der Waals surface area contributed by atoms with E-state index in [9.17, 15) is 9.59 Å². The molecule has 7 heteroatoms. The average Bonchev–Trinajstić information content (AvgIpc) is 2.80. The van der Waals surface area contributed by atoms with E-state index in [1.165, 1.54) is 0 Å². The lowest BCUT2D eigenvalue weighted by atomic mass is 10.0. The summed E-state index contributed by atoms with van der Waals surface area (Å²) >= 11 is 5.85. The van der Waals surface area contributed by atoms with Crippen molar-refractivity contribution in [3.63, 3.8) is 0 Å². The number of hydrogen-bond donors (Lipinski definition) is 1. The largest absolute Gasteiger partial charge is 0.322 e. The lowest BCUT2D eigenvalue weighted by Crippen LogP contribution is -2.38. The van der Waals surface area contributed by atoms with Crippen molar-refractivity contribution in [1.82, 2.24) is 5.06 Å². The van der Waals surface area contributed by atoms with Crippen LogP contribution in [0.4, 0.5) is 0 Å². The van der Waals surface area contributed by atoms with Crippen molar-refractivity contribution in [3.05, 3.63) is 70.2 Å². The molecule has 2 aromatic carbocycles. The van der Waals surface area contributed by atoms with Crippen LogP contribution in [-0.2, 0) is 4.84 Å². The second-order valence-corrected chi connectivity index (χ2v) is 5.77. The lowest BCUT2D eigenvalue weighted by molar-refractivity contribution is -0.133. The van der Waals surface area contributed by atoms with Crippen LogP contribution in [0.1, 0.15) is 39.2 Å². The van der Waals surface area contributed by atoms with Crippen molar-refractivity contribution in [3.8, 4) is 0 Å². The molecular formula is C17H16Cl2N2O3. The number of nitrogens with two attached hydrogens (primary N) is 1. The molecular weight excluding hydrogens is 351 g/mol. The number of fused-ring (bicyclic) bond motifs is 1. The topological polar surface area (TPSA) is 72.6 Å². The van der Waals surface area contributed by atoms with Crippen LogP contribution in [0.2, 0.25) is 5.02 Å². The Morgan fingerprint density at radius 3 is 2.00 bits per heavy atom. The van der Waals surface area contributed by atoms with Gasteiger partial charge in [-0.25, -0.2) is 0 Å². The van der Waals surface area contributed by atoms with Gasteiger partial charge in [-0.3, -0.25) is 14.4 Å². The maximum Gasteiger partial charge on any atom is 0.285 e. The Hall–Kier alpha value is -1.92. The van der Waals surface area contributed by atoms with E-state index in [1.807, 2.05) is 0 Å². The van der Waals surface area contributed by atoms with E-state index in [4.69, 9.17) is 22.2 Å². The molecule has 0 fully saturated rings. The normalized spacial score (nSPS) is 15.7. The molecule has 2 aromatic rings. The number of carbonyl (C=O) groups excluding carboxylic acids is 2. The van der Waals surface area contributed by atoms with Gasteiger partial charge in [0.25, 0.3) is 11.8 Å². The van der Waals surface area contributed by atoms with Gasteiger partial charge in [-0.15, -0.1) is 17.5 Å². The Balaban J connectivity index is 0.00000208. The van der Waals surface area contributed by atoms with Crippen LogP contribution in [0.15, 0.2) is 48.5 Å². The molecule has 0 spiro atoms. The predicted octanol–water partition coefficient (Wildman–Crippen LogP) is 3.38. The number of benzene rings is 2. The zero-order chi connectivity index (χ0) is 16.6. The molecule has 1 aliphatic rings. The Kier molecular flexibility index (Phi) is 5.62. The molecule has 0 saturated heterocycles. The van der Waals surface area contributed by atoms with E-state index in [-0.39, 0.29) is 12.4 Å². The summed E-state index contributed by atoms with van der Waals surface area (Å²) in [4.78, 5) is 30.1. The van der Waals surface area contributed by atoms with Gasteiger partial charge in [0.2, 0.25) is 0 Å². The minimum absolute atomic E-state index is 0. The Bertz CT molecular complexity index is 730. The van der Waals surface area contributed by atoms with Gasteiger partial charge < -0.3 is 5.73 Å². The maximum atomic E-state index is 12.3. The molecule has 0 unspecified atom stereocenters. The van der Waals surface area contributed by atoms with Crippen LogP contribution in [-0.4, -0.2) is 23.0 Å². The molecule has 126 valence electrons. The van der Waals surface area contributed by atoms with Gasteiger partial charge in [-0.1, -0.05) is 35.9 Å². The van der Waals surface area contributed by atoms with E-state index < -0.39 is 24.0 Å². The van der Waals surface area contributed by atoms with E-state index in [0.29, 0.717) is 16.1 Å². The smallest absolute Gasteiger partial charge is 0.285 e. The van der Waals surface area contributed by atoms with Gasteiger partial charge in [0, 0.05) is 5.02 Å². The van der Waals surface area contributed by atoms with Gasteiger partial charge in [-0.05, 0) is 36.8 Å². The number of carbonyl (C=O) groups is 2. The highest BCUT2D eigenvalue weighted by Crippen LogP contribution is 2.26. The van der Waals surface area contributed by atoms with Crippen LogP contribution >= 0.6 is 24.0 Å². The highest BCUT2D eigenvalue weighted by molar-refractivity contribution is 6.30. The first kappa shape index (κ1) is 18.4. The average molecular weight is 367 g/mol. The number of halogens is 2. The molecule has 24 heavy (non-hydrogen) atoms. The molecule has 1 aliphatic heterocycles. The van der Waals surface area contributed by atoms with Gasteiger partial charge in [0.1, 0.15) is 6.10 Å². The number of nitrogens with zero attached hydrogens (tertiary/aromatic N) is 1. The standard InChI is InChI=1S/C17H15ClN2O3.ClH/c1-10(15(19)11-6-8-12(18)9-7-11)23-20-16(21)13-4-2-3-5-14(13)17(20)22;/h2-10,15H,19H2,1H3;1H/t10-,15+;/m0./s1. The fraction of sp³-hybridized carbons (Fsp3) is 0.176. The van der Waals surface area contributed by atoms with E-state index in [2.05, 4.69) is 0 Å². The molecule has 1 heterocycles. The van der Waals surface area contributed by atoms with E-state index in [0.717, 1.165) is 10.6 Å². The molecule has 0 radical (unpaired) electrons. The van der Waals surface area contributed by atoms with Crippen LogP contribution in [0, 0.1) is 0 Å². The number of hydrogen-bond acceptors (Lipinski definition) is 4. The minimum atomic E-state index is -0.571. The molecule has 0 saturated carbocycles.